The van der Waals surface area contributed by atoms with Gasteiger partial charge in [0.25, 0.3) is 0 Å². The quantitative estimate of drug-likeness (QED) is 0.816. The van der Waals surface area contributed by atoms with Crippen LogP contribution >= 0.6 is 34.8 Å². The maximum atomic E-state index is 12.5. The van der Waals surface area contributed by atoms with Crippen molar-refractivity contribution in [3.8, 4) is 0 Å². The molecule has 20 heavy (non-hydrogen) atoms. The maximum absolute atomic E-state index is 12.5. The fraction of sp³-hybridized carbons (Fsp3) is 0.533. The van der Waals surface area contributed by atoms with Crippen LogP contribution in [0.25, 0.3) is 0 Å². The van der Waals surface area contributed by atoms with Gasteiger partial charge in [0.1, 0.15) is 4.33 Å². The van der Waals surface area contributed by atoms with Crippen molar-refractivity contribution in [1.82, 2.24) is 5.32 Å². The number of nitrogens with one attached hydrogen (secondary N) is 1. The average Bonchev–Trinajstić information content (AvgIpc) is 2.81. The Balaban J connectivity index is 2.51. The summed E-state index contributed by atoms with van der Waals surface area (Å²) in [6.45, 7) is 6.26. The minimum atomic E-state index is -1.12. The second kappa shape index (κ2) is 5.08. The molecule has 2 atom stereocenters. The highest BCUT2D eigenvalue weighted by atomic mass is 35.5. The number of alkyl halides is 2. The zero-order valence-electron chi connectivity index (χ0n) is 11.8. The molecule has 5 heteroatoms. The Kier molecular flexibility index (Phi) is 4.05. The Hall–Kier alpha value is -0.440. The third-order valence-electron chi connectivity index (χ3n) is 4.61. The van der Waals surface area contributed by atoms with Crippen LogP contribution in [0.3, 0.4) is 0 Å². The summed E-state index contributed by atoms with van der Waals surface area (Å²) in [4.78, 5) is 12.5. The standard InChI is InChI=1S/C15H18Cl3NO/c1-4-14(10-6-8-11(16)9-7-10)13(3,15(14,17)18)12(20)19-5-2/h6-9H,4-5H2,1-3H3,(H,19,20). The van der Waals surface area contributed by atoms with Gasteiger partial charge in [0.05, 0.1) is 5.41 Å². The Labute approximate surface area is 134 Å². The second-order valence-electron chi connectivity index (χ2n) is 5.32. The van der Waals surface area contributed by atoms with Gasteiger partial charge in [-0.3, -0.25) is 4.79 Å². The first-order chi connectivity index (χ1) is 9.29. The number of halogens is 3. The first-order valence-electron chi connectivity index (χ1n) is 6.71. The van der Waals surface area contributed by atoms with E-state index in [4.69, 9.17) is 34.8 Å². The van der Waals surface area contributed by atoms with Crippen molar-refractivity contribution in [2.45, 2.75) is 36.9 Å². The molecule has 1 saturated carbocycles. The van der Waals surface area contributed by atoms with Crippen LogP contribution in [0.2, 0.25) is 5.02 Å². The normalized spacial score (nSPS) is 30.9. The van der Waals surface area contributed by atoms with Gasteiger partial charge in [0.2, 0.25) is 5.91 Å². The van der Waals surface area contributed by atoms with E-state index in [9.17, 15) is 4.79 Å². The molecule has 0 aliphatic heterocycles. The molecular weight excluding hydrogens is 317 g/mol. The summed E-state index contributed by atoms with van der Waals surface area (Å²) in [6, 6.07) is 7.40. The molecule has 2 nitrogen and oxygen atoms in total. The van der Waals surface area contributed by atoms with E-state index in [0.29, 0.717) is 18.0 Å². The monoisotopic (exact) mass is 333 g/mol. The SMILES string of the molecule is CCNC(=O)C1(C)C(Cl)(Cl)C1(CC)c1ccc(Cl)cc1. The zero-order chi connectivity index (χ0) is 15.2. The molecule has 0 aromatic heterocycles. The Morgan fingerprint density at radius 1 is 1.20 bits per heavy atom. The van der Waals surface area contributed by atoms with Crippen molar-refractivity contribution < 1.29 is 4.79 Å². The van der Waals surface area contributed by atoms with Gasteiger partial charge in [-0.2, -0.15) is 0 Å². The Morgan fingerprint density at radius 2 is 1.75 bits per heavy atom. The number of carbonyl (C=O) groups excluding carboxylic acids is 1. The first kappa shape index (κ1) is 15.9. The van der Waals surface area contributed by atoms with Crippen LogP contribution in [-0.2, 0) is 10.2 Å². The summed E-state index contributed by atoms with van der Waals surface area (Å²) in [7, 11) is 0. The maximum Gasteiger partial charge on any atom is 0.230 e. The molecular formula is C15H18Cl3NO. The number of hydrogen-bond acceptors (Lipinski definition) is 1. The molecule has 110 valence electrons. The van der Waals surface area contributed by atoms with Crippen LogP contribution in [0.4, 0.5) is 0 Å². The van der Waals surface area contributed by atoms with Crippen LogP contribution in [0.1, 0.15) is 32.8 Å². The second-order valence-corrected chi connectivity index (χ2v) is 7.09. The van der Waals surface area contributed by atoms with Gasteiger partial charge in [0, 0.05) is 17.0 Å². The summed E-state index contributed by atoms with van der Waals surface area (Å²) in [5.74, 6) is -0.109. The van der Waals surface area contributed by atoms with Crippen molar-refractivity contribution in [2.24, 2.45) is 5.41 Å². The third kappa shape index (κ3) is 1.74. The topological polar surface area (TPSA) is 29.1 Å². The van der Waals surface area contributed by atoms with Gasteiger partial charge >= 0.3 is 0 Å². The fourth-order valence-electron chi connectivity index (χ4n) is 3.36. The van der Waals surface area contributed by atoms with E-state index >= 15 is 0 Å². The van der Waals surface area contributed by atoms with Crippen LogP contribution in [0.15, 0.2) is 24.3 Å². The van der Waals surface area contributed by atoms with Gasteiger partial charge in [-0.05, 0) is 38.0 Å². The molecule has 0 heterocycles. The molecule has 1 aliphatic carbocycles. The smallest absolute Gasteiger partial charge is 0.230 e. The summed E-state index contributed by atoms with van der Waals surface area (Å²) >= 11 is 19.0. The van der Waals surface area contributed by atoms with Gasteiger partial charge in [-0.1, -0.05) is 53.9 Å². The van der Waals surface area contributed by atoms with Crippen molar-refractivity contribution >= 4 is 40.7 Å². The lowest BCUT2D eigenvalue weighted by Crippen LogP contribution is -2.35. The molecule has 1 aliphatic rings. The van der Waals surface area contributed by atoms with Crippen molar-refractivity contribution in [3.63, 3.8) is 0 Å². The highest BCUT2D eigenvalue weighted by Gasteiger charge is 2.87. The molecule has 1 fully saturated rings. The summed E-state index contributed by atoms with van der Waals surface area (Å²) in [6.07, 6.45) is 0.676. The van der Waals surface area contributed by atoms with Crippen LogP contribution in [-0.4, -0.2) is 16.8 Å². The van der Waals surface area contributed by atoms with Crippen molar-refractivity contribution in [1.29, 1.82) is 0 Å². The van der Waals surface area contributed by atoms with E-state index in [-0.39, 0.29) is 5.91 Å². The molecule has 1 N–H and O–H groups in total. The largest absolute Gasteiger partial charge is 0.356 e. The predicted molar refractivity (Wildman–Crippen MR) is 84.6 cm³/mol. The average molecular weight is 335 g/mol. The molecule has 0 saturated heterocycles. The molecule has 0 spiro atoms. The minimum Gasteiger partial charge on any atom is -0.356 e. The van der Waals surface area contributed by atoms with Crippen LogP contribution < -0.4 is 5.32 Å². The third-order valence-corrected chi connectivity index (χ3v) is 6.27. The Morgan fingerprint density at radius 3 is 2.20 bits per heavy atom. The lowest BCUT2D eigenvalue weighted by molar-refractivity contribution is -0.126. The van der Waals surface area contributed by atoms with Crippen LogP contribution in [0.5, 0.6) is 0 Å². The van der Waals surface area contributed by atoms with E-state index in [1.807, 2.05) is 32.9 Å². The molecule has 1 aromatic rings. The zero-order valence-corrected chi connectivity index (χ0v) is 14.0. The summed E-state index contributed by atoms with van der Waals surface area (Å²) in [5, 5.41) is 3.49. The van der Waals surface area contributed by atoms with Gasteiger partial charge < -0.3 is 5.32 Å². The minimum absolute atomic E-state index is 0.109. The molecule has 1 amide bonds. The van der Waals surface area contributed by atoms with Crippen molar-refractivity contribution in [3.05, 3.63) is 34.9 Å². The number of rotatable bonds is 4. The lowest BCUT2D eigenvalue weighted by Gasteiger charge is -2.20. The number of amides is 1. The first-order valence-corrected chi connectivity index (χ1v) is 7.85. The predicted octanol–water partition coefficient (Wildman–Crippen LogP) is 4.32. The molecule has 2 unspecified atom stereocenters. The fourth-order valence-corrected chi connectivity index (χ4v) is 4.75. The summed E-state index contributed by atoms with van der Waals surface area (Å²) in [5.41, 5.74) is -0.488. The van der Waals surface area contributed by atoms with Crippen LogP contribution in [0, 0.1) is 5.41 Å². The molecule has 1 aromatic carbocycles. The highest BCUT2D eigenvalue weighted by Crippen LogP contribution is 2.79. The van der Waals surface area contributed by atoms with E-state index in [2.05, 4.69) is 5.32 Å². The number of benzene rings is 1. The van der Waals surface area contributed by atoms with E-state index in [1.54, 1.807) is 12.1 Å². The van der Waals surface area contributed by atoms with Gasteiger partial charge in [0.15, 0.2) is 0 Å². The summed E-state index contributed by atoms with van der Waals surface area (Å²) < 4.78 is -1.12. The highest BCUT2D eigenvalue weighted by molar-refractivity contribution is 6.55. The Bertz CT molecular complexity index is 528. The van der Waals surface area contributed by atoms with Gasteiger partial charge in [-0.25, -0.2) is 0 Å². The molecule has 2 rings (SSSR count). The van der Waals surface area contributed by atoms with Gasteiger partial charge in [-0.15, -0.1) is 0 Å². The van der Waals surface area contributed by atoms with E-state index in [1.165, 1.54) is 0 Å². The van der Waals surface area contributed by atoms with Crippen molar-refractivity contribution in [2.75, 3.05) is 6.54 Å². The lowest BCUT2D eigenvalue weighted by atomic mass is 9.84. The molecule has 0 bridgehead atoms. The number of hydrogen-bond donors (Lipinski definition) is 1. The van der Waals surface area contributed by atoms with E-state index in [0.717, 1.165) is 5.56 Å². The number of carbonyl (C=O) groups is 1. The van der Waals surface area contributed by atoms with E-state index < -0.39 is 15.2 Å². The molecule has 0 radical (unpaired) electrons.